The normalized spacial score (nSPS) is 10.9. The number of carbonyl (C=O) groups excluding carboxylic acids is 1. The number of nitrogens with one attached hydrogen (secondary N) is 1. The lowest BCUT2D eigenvalue weighted by Crippen LogP contribution is -2.23. The van der Waals surface area contributed by atoms with Gasteiger partial charge in [0, 0.05) is 24.0 Å². The molecule has 1 aromatic heterocycles. The molecule has 1 amide bonds. The number of ether oxygens (including phenoxy) is 1. The minimum atomic E-state index is -0.114. The molecule has 0 aliphatic heterocycles. The van der Waals surface area contributed by atoms with Crippen molar-refractivity contribution in [1.82, 2.24) is 15.2 Å². The molecule has 6 heteroatoms. The molecule has 0 saturated heterocycles. The van der Waals surface area contributed by atoms with Crippen molar-refractivity contribution in [3.8, 4) is 5.75 Å². The van der Waals surface area contributed by atoms with Crippen LogP contribution in [0.15, 0.2) is 53.9 Å². The summed E-state index contributed by atoms with van der Waals surface area (Å²) in [6, 6.07) is 15.7. The molecule has 0 saturated carbocycles. The van der Waals surface area contributed by atoms with E-state index >= 15 is 0 Å². The average molecular weight is 424 g/mol. The van der Waals surface area contributed by atoms with Gasteiger partial charge in [-0.1, -0.05) is 44.2 Å². The van der Waals surface area contributed by atoms with Gasteiger partial charge in [0.15, 0.2) is 0 Å². The first kappa shape index (κ1) is 22.0. The number of hydrogen-bond donors (Lipinski definition) is 1. The minimum Gasteiger partial charge on any atom is -0.487 e. The Morgan fingerprint density at radius 3 is 2.50 bits per heavy atom. The van der Waals surface area contributed by atoms with Gasteiger partial charge in [-0.25, -0.2) is 4.98 Å². The van der Waals surface area contributed by atoms with Crippen molar-refractivity contribution in [3.63, 3.8) is 0 Å². The molecule has 0 atom stereocenters. The second-order valence-corrected chi connectivity index (χ2v) is 8.20. The largest absolute Gasteiger partial charge is 0.487 e. The number of amides is 1. The molecule has 0 bridgehead atoms. The number of nitrogens with zero attached hydrogens (tertiary/aromatic N) is 2. The van der Waals surface area contributed by atoms with Gasteiger partial charge in [-0.15, -0.1) is 11.3 Å². The molecule has 158 valence electrons. The van der Waals surface area contributed by atoms with Crippen molar-refractivity contribution >= 4 is 17.2 Å². The van der Waals surface area contributed by atoms with E-state index in [4.69, 9.17) is 4.74 Å². The summed E-state index contributed by atoms with van der Waals surface area (Å²) in [6.45, 7) is 10.2. The van der Waals surface area contributed by atoms with Crippen LogP contribution in [-0.2, 0) is 19.7 Å². The lowest BCUT2D eigenvalue weighted by molar-refractivity contribution is 0.0950. The number of rotatable bonds is 10. The fraction of sp³-hybridized carbons (Fsp3) is 0.333. The van der Waals surface area contributed by atoms with Crippen LogP contribution in [0.3, 0.4) is 0 Å². The molecule has 1 N–H and O–H groups in total. The van der Waals surface area contributed by atoms with Crippen molar-refractivity contribution in [3.05, 3.63) is 81.3 Å². The van der Waals surface area contributed by atoms with Gasteiger partial charge in [-0.2, -0.15) is 0 Å². The van der Waals surface area contributed by atoms with E-state index in [0.717, 1.165) is 35.9 Å². The van der Waals surface area contributed by atoms with Crippen molar-refractivity contribution < 1.29 is 9.53 Å². The van der Waals surface area contributed by atoms with E-state index in [1.807, 2.05) is 24.4 Å². The van der Waals surface area contributed by atoms with Gasteiger partial charge < -0.3 is 10.1 Å². The first-order valence-corrected chi connectivity index (χ1v) is 11.2. The SMILES string of the molecule is CCN(CC)Cc1ccc(CNC(=O)c2cccc(OCc3csc(C)n3)c2)cc1. The van der Waals surface area contributed by atoms with Gasteiger partial charge in [0.2, 0.25) is 0 Å². The summed E-state index contributed by atoms with van der Waals surface area (Å²) in [4.78, 5) is 19.3. The molecule has 0 radical (unpaired) electrons. The number of aromatic nitrogens is 1. The zero-order valence-electron chi connectivity index (χ0n) is 17.9. The van der Waals surface area contributed by atoms with Gasteiger partial charge in [-0.05, 0) is 49.3 Å². The maximum atomic E-state index is 12.6. The second kappa shape index (κ2) is 10.9. The highest BCUT2D eigenvalue weighted by Gasteiger charge is 2.08. The molecule has 0 aliphatic carbocycles. The summed E-state index contributed by atoms with van der Waals surface area (Å²) in [5, 5.41) is 5.99. The predicted molar refractivity (Wildman–Crippen MR) is 122 cm³/mol. The molecule has 3 aromatic rings. The van der Waals surface area contributed by atoms with Crippen LogP contribution in [-0.4, -0.2) is 28.9 Å². The molecule has 5 nitrogen and oxygen atoms in total. The molecule has 3 rings (SSSR count). The number of carbonyl (C=O) groups is 1. The first-order chi connectivity index (χ1) is 14.6. The van der Waals surface area contributed by atoms with Crippen molar-refractivity contribution in [2.75, 3.05) is 13.1 Å². The van der Waals surface area contributed by atoms with E-state index in [0.29, 0.717) is 24.5 Å². The molecule has 2 aromatic carbocycles. The highest BCUT2D eigenvalue weighted by atomic mass is 32.1. The van der Waals surface area contributed by atoms with Gasteiger partial charge in [-0.3, -0.25) is 9.69 Å². The Morgan fingerprint density at radius 2 is 1.83 bits per heavy atom. The lowest BCUT2D eigenvalue weighted by atomic mass is 10.1. The van der Waals surface area contributed by atoms with Crippen LogP contribution in [0, 0.1) is 6.92 Å². The summed E-state index contributed by atoms with van der Waals surface area (Å²) in [5.74, 6) is 0.547. The molecule has 0 fully saturated rings. The Morgan fingerprint density at radius 1 is 1.10 bits per heavy atom. The van der Waals surface area contributed by atoms with E-state index < -0.39 is 0 Å². The molecule has 30 heavy (non-hydrogen) atoms. The first-order valence-electron chi connectivity index (χ1n) is 10.3. The molecule has 0 unspecified atom stereocenters. The maximum absolute atomic E-state index is 12.6. The quantitative estimate of drug-likeness (QED) is 0.509. The van der Waals surface area contributed by atoms with Crippen molar-refractivity contribution in [2.24, 2.45) is 0 Å². The Balaban J connectivity index is 1.52. The number of aryl methyl sites for hydroxylation is 1. The van der Waals surface area contributed by atoms with Crippen LogP contribution >= 0.6 is 11.3 Å². The van der Waals surface area contributed by atoms with Gasteiger partial charge in [0.1, 0.15) is 12.4 Å². The topological polar surface area (TPSA) is 54.5 Å². The Bertz CT molecular complexity index is 949. The standard InChI is InChI=1S/C24H29N3O2S/c1-4-27(5-2)15-20-11-9-19(10-12-20)14-25-24(28)21-7-6-8-23(13-21)29-16-22-17-30-18(3)26-22/h6-13,17H,4-5,14-16H2,1-3H3,(H,25,28). The van der Waals surface area contributed by atoms with E-state index in [1.54, 1.807) is 23.5 Å². The third-order valence-corrected chi connectivity index (χ3v) is 5.75. The summed E-state index contributed by atoms with van der Waals surface area (Å²) >= 11 is 1.60. The predicted octanol–water partition coefficient (Wildman–Crippen LogP) is 4.80. The lowest BCUT2D eigenvalue weighted by Gasteiger charge is -2.18. The summed E-state index contributed by atoms with van der Waals surface area (Å²) < 4.78 is 5.78. The van der Waals surface area contributed by atoms with E-state index in [1.165, 1.54) is 5.56 Å². The zero-order chi connectivity index (χ0) is 21.3. The highest BCUT2D eigenvalue weighted by molar-refractivity contribution is 7.09. The third kappa shape index (κ3) is 6.40. The van der Waals surface area contributed by atoms with Crippen LogP contribution in [0.25, 0.3) is 0 Å². The monoisotopic (exact) mass is 423 g/mol. The van der Waals surface area contributed by atoms with Crippen LogP contribution in [0.4, 0.5) is 0 Å². The number of hydrogen-bond acceptors (Lipinski definition) is 5. The molecular weight excluding hydrogens is 394 g/mol. The Labute approximate surface area is 182 Å². The summed E-state index contributed by atoms with van der Waals surface area (Å²) in [7, 11) is 0. The van der Waals surface area contributed by atoms with Gasteiger partial charge in [0.25, 0.3) is 5.91 Å². The molecule has 0 aliphatic rings. The van der Waals surface area contributed by atoms with Crippen LogP contribution < -0.4 is 10.1 Å². The van der Waals surface area contributed by atoms with Crippen molar-refractivity contribution in [2.45, 2.75) is 40.5 Å². The fourth-order valence-corrected chi connectivity index (χ4v) is 3.71. The third-order valence-electron chi connectivity index (χ3n) is 4.93. The molecule has 0 spiro atoms. The van der Waals surface area contributed by atoms with E-state index in [2.05, 4.69) is 53.3 Å². The smallest absolute Gasteiger partial charge is 0.251 e. The average Bonchev–Trinajstić information content (AvgIpc) is 3.20. The van der Waals surface area contributed by atoms with Crippen LogP contribution in [0.1, 0.15) is 46.0 Å². The number of thiazole rings is 1. The summed E-state index contributed by atoms with van der Waals surface area (Å²) in [6.07, 6.45) is 0. The van der Waals surface area contributed by atoms with Crippen LogP contribution in [0.2, 0.25) is 0 Å². The van der Waals surface area contributed by atoms with Crippen molar-refractivity contribution in [1.29, 1.82) is 0 Å². The second-order valence-electron chi connectivity index (χ2n) is 7.13. The molecule has 1 heterocycles. The fourth-order valence-electron chi connectivity index (χ4n) is 3.11. The zero-order valence-corrected chi connectivity index (χ0v) is 18.7. The molecular formula is C24H29N3O2S. The van der Waals surface area contributed by atoms with E-state index in [-0.39, 0.29) is 5.91 Å². The highest BCUT2D eigenvalue weighted by Crippen LogP contribution is 2.16. The van der Waals surface area contributed by atoms with Gasteiger partial charge in [0.05, 0.1) is 10.7 Å². The van der Waals surface area contributed by atoms with Crippen LogP contribution in [0.5, 0.6) is 5.75 Å². The Hall–Kier alpha value is -2.70. The Kier molecular flexibility index (Phi) is 7.99. The minimum absolute atomic E-state index is 0.114. The maximum Gasteiger partial charge on any atom is 0.251 e. The van der Waals surface area contributed by atoms with E-state index in [9.17, 15) is 4.79 Å². The summed E-state index contributed by atoms with van der Waals surface area (Å²) in [5.41, 5.74) is 3.85. The number of benzene rings is 2. The van der Waals surface area contributed by atoms with Gasteiger partial charge >= 0.3 is 0 Å².